The van der Waals surface area contributed by atoms with Gasteiger partial charge in [-0.05, 0) is 30.2 Å². The van der Waals surface area contributed by atoms with Crippen LogP contribution in [0.5, 0.6) is 0 Å². The zero-order valence-corrected chi connectivity index (χ0v) is 13.0. The van der Waals surface area contributed by atoms with E-state index in [9.17, 15) is 34.8 Å². The number of alkyl halides is 6. The van der Waals surface area contributed by atoms with Crippen molar-refractivity contribution in [3.8, 4) is 0 Å². The molecule has 1 aromatic carbocycles. The second kappa shape index (κ2) is 5.93. The Morgan fingerprint density at radius 1 is 0.955 bits per heavy atom. The van der Waals surface area contributed by atoms with Crippen LogP contribution < -0.4 is 0 Å². The normalized spacial score (nSPS) is 14.9. The molecule has 0 aliphatic carbocycles. The Hall–Kier alpha value is -0.940. The van der Waals surface area contributed by atoms with Crippen molar-refractivity contribution < 1.29 is 38.4 Å². The van der Waals surface area contributed by atoms with Crippen LogP contribution in [-0.2, 0) is 25.7 Å². The maximum absolute atomic E-state index is 12.4. The van der Waals surface area contributed by atoms with Gasteiger partial charge in [-0.1, -0.05) is 12.1 Å². The van der Waals surface area contributed by atoms with Crippen molar-refractivity contribution in [1.29, 1.82) is 0 Å². The highest BCUT2D eigenvalue weighted by Gasteiger charge is 2.49. The molecular formula is C11H12F6O3S2. The molecule has 11 heteroatoms. The van der Waals surface area contributed by atoms with Crippen molar-refractivity contribution in [3.05, 3.63) is 35.4 Å². The molecule has 0 aliphatic rings. The number of benzene rings is 1. The van der Waals surface area contributed by atoms with E-state index in [2.05, 4.69) is 3.63 Å². The van der Waals surface area contributed by atoms with E-state index in [1.54, 1.807) is 0 Å². The van der Waals surface area contributed by atoms with Crippen molar-refractivity contribution in [3.63, 3.8) is 0 Å². The molecule has 0 amide bonds. The predicted octanol–water partition coefficient (Wildman–Crippen LogP) is 4.05. The summed E-state index contributed by atoms with van der Waals surface area (Å²) >= 11 is 0. The summed E-state index contributed by atoms with van der Waals surface area (Å²) in [6.07, 6.45) is -2.18. The first-order valence-electron chi connectivity index (χ1n) is 5.53. The first kappa shape index (κ1) is 19.1. The zero-order chi connectivity index (χ0) is 17.4. The molecule has 1 rings (SSSR count). The van der Waals surface area contributed by atoms with Crippen molar-refractivity contribution in [1.82, 2.24) is 0 Å². The van der Waals surface area contributed by atoms with E-state index >= 15 is 0 Å². The van der Waals surface area contributed by atoms with Gasteiger partial charge in [0, 0.05) is 5.75 Å². The van der Waals surface area contributed by atoms with Crippen molar-refractivity contribution >= 4 is 20.4 Å². The van der Waals surface area contributed by atoms with Gasteiger partial charge < -0.3 is 0 Å². The third-order valence-corrected chi connectivity index (χ3v) is 6.14. The minimum atomic E-state index is -5.75. The van der Waals surface area contributed by atoms with E-state index in [1.165, 1.54) is 12.5 Å². The average Bonchev–Trinajstić information content (AvgIpc) is 2.24. The van der Waals surface area contributed by atoms with E-state index in [0.717, 1.165) is 24.3 Å². The average molecular weight is 370 g/mol. The molecule has 0 heterocycles. The predicted molar refractivity (Wildman–Crippen MR) is 70.6 cm³/mol. The molecule has 0 saturated heterocycles. The van der Waals surface area contributed by atoms with Crippen LogP contribution >= 0.6 is 10.3 Å². The molecule has 0 saturated carbocycles. The topological polar surface area (TPSA) is 43.4 Å². The molecule has 22 heavy (non-hydrogen) atoms. The summed E-state index contributed by atoms with van der Waals surface area (Å²) in [6.45, 7) is 0. The third-order valence-electron chi connectivity index (χ3n) is 2.35. The first-order chi connectivity index (χ1) is 9.64. The van der Waals surface area contributed by atoms with E-state index in [-0.39, 0.29) is 11.3 Å². The lowest BCUT2D eigenvalue weighted by Crippen LogP contribution is -2.27. The van der Waals surface area contributed by atoms with Crippen molar-refractivity contribution in [2.75, 3.05) is 12.5 Å². The van der Waals surface area contributed by atoms with E-state index in [1.807, 2.05) is 0 Å². The Bertz CT molecular complexity index is 617. The van der Waals surface area contributed by atoms with Gasteiger partial charge in [-0.3, -0.25) is 0 Å². The second-order valence-corrected chi connectivity index (χ2v) is 9.82. The van der Waals surface area contributed by atoms with Crippen LogP contribution in [0.25, 0.3) is 0 Å². The summed E-state index contributed by atoms with van der Waals surface area (Å²) in [6, 6.07) is 3.68. The lowest BCUT2D eigenvalue weighted by molar-refractivity contribution is -0.137. The van der Waals surface area contributed by atoms with Crippen LogP contribution in [0.4, 0.5) is 26.3 Å². The molecule has 0 unspecified atom stereocenters. The molecule has 0 aliphatic heterocycles. The Labute approximate surface area is 124 Å². The monoisotopic (exact) mass is 370 g/mol. The number of halogens is 6. The van der Waals surface area contributed by atoms with E-state index in [4.69, 9.17) is 0 Å². The summed E-state index contributed by atoms with van der Waals surface area (Å²) in [5.74, 6) is -0.236. The van der Waals surface area contributed by atoms with Gasteiger partial charge in [0.15, 0.2) is 0 Å². The lowest BCUT2D eigenvalue weighted by Gasteiger charge is -2.30. The highest BCUT2D eigenvalue weighted by Crippen LogP contribution is 2.49. The summed E-state index contributed by atoms with van der Waals surface area (Å²) in [4.78, 5) is 0. The Balaban J connectivity index is 2.90. The molecule has 0 spiro atoms. The molecule has 0 aromatic heterocycles. The van der Waals surface area contributed by atoms with Crippen LogP contribution in [0.3, 0.4) is 0 Å². The Morgan fingerprint density at radius 3 is 1.77 bits per heavy atom. The highest BCUT2D eigenvalue weighted by molar-refractivity contribution is 8.31. The highest BCUT2D eigenvalue weighted by atomic mass is 32.3. The second-order valence-electron chi connectivity index (χ2n) is 4.74. The lowest BCUT2D eigenvalue weighted by atomic mass is 10.1. The molecule has 0 fully saturated rings. The molecular weight excluding hydrogens is 358 g/mol. The Kier molecular flexibility index (Phi) is 5.15. The van der Waals surface area contributed by atoms with Crippen molar-refractivity contribution in [2.24, 2.45) is 0 Å². The van der Waals surface area contributed by atoms with Gasteiger partial charge in [-0.2, -0.15) is 34.8 Å². The third kappa shape index (κ3) is 5.06. The number of hydrogen-bond donors (Lipinski definition) is 0. The van der Waals surface area contributed by atoms with Crippen molar-refractivity contribution in [2.45, 2.75) is 17.4 Å². The minimum absolute atomic E-state index is 0.236. The Morgan fingerprint density at radius 2 is 1.41 bits per heavy atom. The smallest absolute Gasteiger partial charge is 0.213 e. The van der Waals surface area contributed by atoms with Gasteiger partial charge in [0.25, 0.3) is 0 Å². The maximum atomic E-state index is 12.4. The molecule has 0 bridgehead atoms. The zero-order valence-electron chi connectivity index (χ0n) is 11.3. The minimum Gasteiger partial charge on any atom is -0.213 e. The van der Waals surface area contributed by atoms with Gasteiger partial charge in [0.05, 0.1) is 5.56 Å². The van der Waals surface area contributed by atoms with Crippen LogP contribution in [0.1, 0.15) is 11.1 Å². The fourth-order valence-electron chi connectivity index (χ4n) is 1.50. The van der Waals surface area contributed by atoms with Crippen LogP contribution in [0.15, 0.2) is 24.3 Å². The number of hydrogen-bond acceptors (Lipinski definition) is 3. The molecule has 0 N–H and O–H groups in total. The largest absolute Gasteiger partial charge is 0.523 e. The fourth-order valence-corrected chi connectivity index (χ4v) is 4.93. The van der Waals surface area contributed by atoms with Crippen LogP contribution in [0.2, 0.25) is 0 Å². The van der Waals surface area contributed by atoms with Crippen LogP contribution in [0, 0.1) is 0 Å². The molecule has 1 aromatic rings. The quantitative estimate of drug-likeness (QED) is 0.593. The standard InChI is InChI=1S/C11H12F6O3S2/c1-21(2,20-22(18,19)11(15,16)17)7-8-3-5-9(6-4-8)10(12,13)14/h3-6H,7H2,1-2H3. The molecule has 128 valence electrons. The van der Waals surface area contributed by atoms with Gasteiger partial charge in [0.1, 0.15) is 0 Å². The van der Waals surface area contributed by atoms with Gasteiger partial charge in [-0.25, -0.2) is 3.63 Å². The summed E-state index contributed by atoms with van der Waals surface area (Å²) in [7, 11) is -8.46. The molecule has 0 atom stereocenters. The molecule has 3 nitrogen and oxygen atoms in total. The first-order valence-corrected chi connectivity index (χ1v) is 9.49. The van der Waals surface area contributed by atoms with Gasteiger partial charge in [0.2, 0.25) is 0 Å². The summed E-state index contributed by atoms with van der Waals surface area (Å²) in [5, 5.41) is 0. The van der Waals surface area contributed by atoms with E-state index < -0.39 is 37.7 Å². The number of rotatable bonds is 4. The SMILES string of the molecule is CS(C)(Cc1ccc(C(F)(F)F)cc1)OS(=O)(=O)C(F)(F)F. The van der Waals surface area contributed by atoms with Crippen LogP contribution in [-0.4, -0.2) is 26.4 Å². The van der Waals surface area contributed by atoms with E-state index in [0.29, 0.717) is 0 Å². The maximum Gasteiger partial charge on any atom is 0.523 e. The molecule has 0 radical (unpaired) electrons. The summed E-state index contributed by atoms with van der Waals surface area (Å²) in [5.41, 5.74) is -6.21. The summed E-state index contributed by atoms with van der Waals surface area (Å²) < 4.78 is 100. The van der Waals surface area contributed by atoms with Gasteiger partial charge >= 0.3 is 21.8 Å². The van der Waals surface area contributed by atoms with Gasteiger partial charge in [-0.15, -0.1) is 10.3 Å². The fraction of sp³-hybridized carbons (Fsp3) is 0.455.